The van der Waals surface area contributed by atoms with Crippen molar-refractivity contribution in [3.05, 3.63) is 28.9 Å². The third-order valence-electron chi connectivity index (χ3n) is 2.16. The van der Waals surface area contributed by atoms with Gasteiger partial charge in [0.25, 0.3) is 0 Å². The van der Waals surface area contributed by atoms with Crippen molar-refractivity contribution in [2.75, 3.05) is 7.11 Å². The van der Waals surface area contributed by atoms with Crippen molar-refractivity contribution in [1.29, 1.82) is 0 Å². The Morgan fingerprint density at radius 3 is 2.85 bits per heavy atom. The number of rotatable bonds is 1. The molecule has 68 valence electrons. The summed E-state index contributed by atoms with van der Waals surface area (Å²) in [6.07, 6.45) is 2.04. The number of aromatic nitrogens is 1. The van der Waals surface area contributed by atoms with Crippen LogP contribution in [0.3, 0.4) is 0 Å². The van der Waals surface area contributed by atoms with E-state index in [1.807, 2.05) is 19.3 Å². The number of methoxy groups -OCH3 is 1. The van der Waals surface area contributed by atoms with Crippen LogP contribution in [0.25, 0.3) is 10.9 Å². The van der Waals surface area contributed by atoms with Crippen molar-refractivity contribution in [3.63, 3.8) is 0 Å². The first-order chi connectivity index (χ1) is 6.22. The molecule has 1 heterocycles. The molecule has 2 aromatic rings. The molecule has 0 saturated heterocycles. The molecule has 0 bridgehead atoms. The molecule has 0 aliphatic rings. The molecule has 0 fully saturated rings. The van der Waals surface area contributed by atoms with Crippen molar-refractivity contribution >= 4 is 26.8 Å². The van der Waals surface area contributed by atoms with E-state index in [9.17, 15) is 0 Å². The van der Waals surface area contributed by atoms with E-state index in [1.165, 1.54) is 10.9 Å². The van der Waals surface area contributed by atoms with Gasteiger partial charge >= 0.3 is 0 Å². The summed E-state index contributed by atoms with van der Waals surface area (Å²) < 4.78 is 8.29. The zero-order valence-electron chi connectivity index (χ0n) is 7.54. The van der Waals surface area contributed by atoms with Crippen LogP contribution in [0, 0.1) is 0 Å². The quantitative estimate of drug-likeness (QED) is 0.747. The molecule has 0 saturated carbocycles. The standard InChI is InChI=1S/C10H10BrNO/c1-12-4-3-7-5-8(11)10(13-2)6-9(7)12/h3-6H,1-2H3. The lowest BCUT2D eigenvalue weighted by Gasteiger charge is -2.04. The van der Waals surface area contributed by atoms with Gasteiger partial charge in [0.1, 0.15) is 5.75 Å². The van der Waals surface area contributed by atoms with E-state index in [4.69, 9.17) is 4.74 Å². The first-order valence-electron chi connectivity index (χ1n) is 4.01. The Labute approximate surface area is 85.2 Å². The molecule has 0 aliphatic carbocycles. The highest BCUT2D eigenvalue weighted by Gasteiger charge is 2.04. The number of benzene rings is 1. The molecule has 0 amide bonds. The Hall–Kier alpha value is -0.960. The largest absolute Gasteiger partial charge is 0.495 e. The molecule has 0 unspecified atom stereocenters. The van der Waals surface area contributed by atoms with Crippen LogP contribution in [0.1, 0.15) is 0 Å². The second-order valence-electron chi connectivity index (χ2n) is 2.97. The highest BCUT2D eigenvalue weighted by atomic mass is 79.9. The van der Waals surface area contributed by atoms with Crippen molar-refractivity contribution in [2.24, 2.45) is 7.05 Å². The zero-order valence-corrected chi connectivity index (χ0v) is 9.13. The van der Waals surface area contributed by atoms with E-state index in [-0.39, 0.29) is 0 Å². The van der Waals surface area contributed by atoms with E-state index in [2.05, 4.69) is 32.6 Å². The number of halogens is 1. The van der Waals surface area contributed by atoms with Gasteiger partial charge in [0.15, 0.2) is 0 Å². The fraction of sp³-hybridized carbons (Fsp3) is 0.200. The summed E-state index contributed by atoms with van der Waals surface area (Å²) in [5.74, 6) is 0.870. The Morgan fingerprint density at radius 1 is 1.38 bits per heavy atom. The third-order valence-corrected chi connectivity index (χ3v) is 2.78. The van der Waals surface area contributed by atoms with E-state index in [0.29, 0.717) is 0 Å². The lowest BCUT2D eigenvalue weighted by molar-refractivity contribution is 0.412. The summed E-state index contributed by atoms with van der Waals surface area (Å²) in [5.41, 5.74) is 1.18. The van der Waals surface area contributed by atoms with Crippen LogP contribution in [0.15, 0.2) is 28.9 Å². The highest BCUT2D eigenvalue weighted by Crippen LogP contribution is 2.30. The van der Waals surface area contributed by atoms with E-state index >= 15 is 0 Å². The molecule has 0 N–H and O–H groups in total. The van der Waals surface area contributed by atoms with Gasteiger partial charge in [-0.15, -0.1) is 0 Å². The van der Waals surface area contributed by atoms with Gasteiger partial charge in [-0.05, 0) is 28.1 Å². The van der Waals surface area contributed by atoms with Crippen LogP contribution in [-0.2, 0) is 7.05 Å². The maximum Gasteiger partial charge on any atom is 0.135 e. The predicted octanol–water partition coefficient (Wildman–Crippen LogP) is 2.95. The minimum atomic E-state index is 0.870. The Morgan fingerprint density at radius 2 is 2.15 bits per heavy atom. The molecule has 0 radical (unpaired) electrons. The molecular weight excluding hydrogens is 230 g/mol. The van der Waals surface area contributed by atoms with Gasteiger partial charge < -0.3 is 9.30 Å². The summed E-state index contributed by atoms with van der Waals surface area (Å²) in [6.45, 7) is 0. The molecule has 13 heavy (non-hydrogen) atoms. The molecule has 0 spiro atoms. The van der Waals surface area contributed by atoms with Gasteiger partial charge in [-0.1, -0.05) is 0 Å². The maximum atomic E-state index is 5.22. The van der Waals surface area contributed by atoms with Gasteiger partial charge in [-0.2, -0.15) is 0 Å². The van der Waals surface area contributed by atoms with E-state index < -0.39 is 0 Å². The van der Waals surface area contributed by atoms with Crippen LogP contribution in [0.4, 0.5) is 0 Å². The van der Waals surface area contributed by atoms with Crippen LogP contribution in [0.5, 0.6) is 5.75 Å². The summed E-state index contributed by atoms with van der Waals surface area (Å²) in [5, 5.41) is 1.22. The third kappa shape index (κ3) is 1.33. The average Bonchev–Trinajstić information content (AvgIpc) is 2.46. The van der Waals surface area contributed by atoms with Gasteiger partial charge in [0, 0.05) is 24.7 Å². The number of hydrogen-bond donors (Lipinski definition) is 0. The Balaban J connectivity index is 2.77. The summed E-state index contributed by atoms with van der Waals surface area (Å²) in [6, 6.07) is 6.17. The fourth-order valence-corrected chi connectivity index (χ4v) is 1.95. The molecule has 2 rings (SSSR count). The Bertz CT molecular complexity index is 447. The molecular formula is C10H10BrNO. The highest BCUT2D eigenvalue weighted by molar-refractivity contribution is 9.10. The van der Waals surface area contributed by atoms with Crippen LogP contribution in [-0.4, -0.2) is 11.7 Å². The van der Waals surface area contributed by atoms with Gasteiger partial charge in [0.05, 0.1) is 17.1 Å². The number of aryl methyl sites for hydroxylation is 1. The molecule has 2 nitrogen and oxygen atoms in total. The maximum absolute atomic E-state index is 5.22. The van der Waals surface area contributed by atoms with Crippen molar-refractivity contribution in [2.45, 2.75) is 0 Å². The number of fused-ring (bicyclic) bond motifs is 1. The van der Waals surface area contributed by atoms with Crippen molar-refractivity contribution in [1.82, 2.24) is 4.57 Å². The second kappa shape index (κ2) is 3.07. The van der Waals surface area contributed by atoms with Crippen LogP contribution >= 0.6 is 15.9 Å². The molecule has 1 aromatic heterocycles. The van der Waals surface area contributed by atoms with E-state index in [0.717, 1.165) is 10.2 Å². The van der Waals surface area contributed by atoms with Gasteiger partial charge in [-0.25, -0.2) is 0 Å². The fourth-order valence-electron chi connectivity index (χ4n) is 1.43. The van der Waals surface area contributed by atoms with Crippen LogP contribution < -0.4 is 4.74 Å². The zero-order chi connectivity index (χ0) is 9.42. The lowest BCUT2D eigenvalue weighted by Crippen LogP contribution is -1.87. The van der Waals surface area contributed by atoms with E-state index in [1.54, 1.807) is 7.11 Å². The number of nitrogens with zero attached hydrogens (tertiary/aromatic N) is 1. The molecule has 3 heteroatoms. The molecule has 0 aliphatic heterocycles. The first kappa shape index (κ1) is 8.63. The SMILES string of the molecule is COc1cc2c(ccn2C)cc1Br. The van der Waals surface area contributed by atoms with Crippen LogP contribution in [0.2, 0.25) is 0 Å². The monoisotopic (exact) mass is 239 g/mol. The first-order valence-corrected chi connectivity index (χ1v) is 4.80. The van der Waals surface area contributed by atoms with Crippen molar-refractivity contribution < 1.29 is 4.74 Å². The van der Waals surface area contributed by atoms with Crippen molar-refractivity contribution in [3.8, 4) is 5.75 Å². The minimum Gasteiger partial charge on any atom is -0.495 e. The summed E-state index contributed by atoms with van der Waals surface area (Å²) >= 11 is 3.45. The molecule has 1 aromatic carbocycles. The van der Waals surface area contributed by atoms with Gasteiger partial charge in [-0.3, -0.25) is 0 Å². The topological polar surface area (TPSA) is 14.2 Å². The minimum absolute atomic E-state index is 0.870. The lowest BCUT2D eigenvalue weighted by atomic mass is 10.2. The second-order valence-corrected chi connectivity index (χ2v) is 3.83. The normalized spacial score (nSPS) is 10.7. The average molecular weight is 240 g/mol. The predicted molar refractivity (Wildman–Crippen MR) is 57.2 cm³/mol. The summed E-state index contributed by atoms with van der Waals surface area (Å²) in [7, 11) is 3.70. The molecule has 0 atom stereocenters. The Kier molecular flexibility index (Phi) is 2.04. The van der Waals surface area contributed by atoms with Gasteiger partial charge in [0.2, 0.25) is 0 Å². The number of hydrogen-bond acceptors (Lipinski definition) is 1. The summed E-state index contributed by atoms with van der Waals surface area (Å²) in [4.78, 5) is 0. The smallest absolute Gasteiger partial charge is 0.135 e. The number of ether oxygens (including phenoxy) is 1.